The van der Waals surface area contributed by atoms with Gasteiger partial charge in [-0.1, -0.05) is 39.7 Å². The lowest BCUT2D eigenvalue weighted by molar-refractivity contribution is 0.304. The molecule has 1 aliphatic heterocycles. The molecule has 1 aromatic rings. The highest BCUT2D eigenvalue weighted by Gasteiger charge is 2.16. The zero-order valence-electron chi connectivity index (χ0n) is 12.6. The van der Waals surface area contributed by atoms with Gasteiger partial charge in [0.2, 0.25) is 0 Å². The summed E-state index contributed by atoms with van der Waals surface area (Å²) in [6.45, 7) is 9.07. The Hall–Kier alpha value is -1.70. The van der Waals surface area contributed by atoms with Gasteiger partial charge < -0.3 is 9.47 Å². The summed E-state index contributed by atoms with van der Waals surface area (Å²) in [5, 5.41) is 0. The predicted octanol–water partition coefficient (Wildman–Crippen LogP) is 5.35. The molecule has 0 bridgehead atoms. The fourth-order valence-electron chi connectivity index (χ4n) is 2.40. The fourth-order valence-corrected chi connectivity index (χ4v) is 2.40. The molecular formula is C18H24O2. The zero-order valence-corrected chi connectivity index (χ0v) is 12.6. The van der Waals surface area contributed by atoms with Crippen molar-refractivity contribution >= 4 is 5.57 Å². The molecule has 0 amide bonds. The van der Waals surface area contributed by atoms with E-state index in [2.05, 4.69) is 26.5 Å². The van der Waals surface area contributed by atoms with E-state index in [0.717, 1.165) is 37.4 Å². The lowest BCUT2D eigenvalue weighted by atomic mass is 9.98. The number of allylic oxidation sites excluding steroid dienone is 2. The van der Waals surface area contributed by atoms with Crippen molar-refractivity contribution in [1.82, 2.24) is 0 Å². The molecule has 0 atom stereocenters. The molecule has 0 N–H and O–H groups in total. The molecule has 1 heterocycles. The van der Waals surface area contributed by atoms with E-state index in [1.165, 1.54) is 24.0 Å². The molecule has 108 valence electrons. The summed E-state index contributed by atoms with van der Waals surface area (Å²) in [6, 6.07) is 6.11. The average molecular weight is 272 g/mol. The number of ether oxygens (including phenoxy) is 2. The van der Waals surface area contributed by atoms with Gasteiger partial charge in [-0.15, -0.1) is 0 Å². The third-order valence-electron chi connectivity index (χ3n) is 3.41. The fraction of sp³-hybridized carbons (Fsp3) is 0.444. The van der Waals surface area contributed by atoms with Crippen molar-refractivity contribution in [2.45, 2.75) is 46.0 Å². The molecule has 0 aliphatic carbocycles. The van der Waals surface area contributed by atoms with E-state index < -0.39 is 0 Å². The van der Waals surface area contributed by atoms with E-state index in [1.54, 1.807) is 0 Å². The lowest BCUT2D eigenvalue weighted by Gasteiger charge is -2.20. The Balaban J connectivity index is 2.09. The van der Waals surface area contributed by atoms with Crippen LogP contribution in [0.4, 0.5) is 0 Å². The Labute approximate surface area is 122 Å². The molecule has 0 saturated carbocycles. The molecule has 0 fully saturated rings. The smallest absolute Gasteiger partial charge is 0.138 e. The Morgan fingerprint density at radius 3 is 2.75 bits per heavy atom. The van der Waals surface area contributed by atoms with Gasteiger partial charge in [-0.2, -0.15) is 0 Å². The standard InChI is InChI=1S/C18H24O2/c1-4-6-7-11-19-16-9-10-17-15(8-5-2)12-14(3)20-18(17)13-16/h9-10,12-13H,3-8,11H2,1-2H3. The molecule has 1 aromatic carbocycles. The summed E-state index contributed by atoms with van der Waals surface area (Å²) in [6.07, 6.45) is 7.72. The quantitative estimate of drug-likeness (QED) is 0.623. The summed E-state index contributed by atoms with van der Waals surface area (Å²) in [5.74, 6) is 2.46. The highest BCUT2D eigenvalue weighted by atomic mass is 16.5. The highest BCUT2D eigenvalue weighted by molar-refractivity contribution is 5.75. The van der Waals surface area contributed by atoms with Crippen LogP contribution in [0.5, 0.6) is 11.5 Å². The molecule has 0 radical (unpaired) electrons. The van der Waals surface area contributed by atoms with Crippen molar-refractivity contribution in [3.05, 3.63) is 42.2 Å². The first kappa shape index (κ1) is 14.7. The first-order valence-corrected chi connectivity index (χ1v) is 7.59. The second kappa shape index (κ2) is 7.18. The Bertz CT molecular complexity index is 500. The number of fused-ring (bicyclic) bond motifs is 1. The second-order valence-electron chi connectivity index (χ2n) is 5.20. The average Bonchev–Trinajstić information content (AvgIpc) is 2.43. The molecule has 2 heteroatoms. The minimum atomic E-state index is 0.712. The Morgan fingerprint density at radius 1 is 1.15 bits per heavy atom. The van der Waals surface area contributed by atoms with Crippen molar-refractivity contribution < 1.29 is 9.47 Å². The number of hydrogen-bond acceptors (Lipinski definition) is 2. The molecular weight excluding hydrogens is 248 g/mol. The third-order valence-corrected chi connectivity index (χ3v) is 3.41. The maximum atomic E-state index is 5.78. The van der Waals surface area contributed by atoms with Gasteiger partial charge in [0.15, 0.2) is 0 Å². The van der Waals surface area contributed by atoms with Gasteiger partial charge in [0.1, 0.15) is 17.3 Å². The van der Waals surface area contributed by atoms with Crippen LogP contribution in [-0.2, 0) is 0 Å². The van der Waals surface area contributed by atoms with Gasteiger partial charge >= 0.3 is 0 Å². The monoisotopic (exact) mass is 272 g/mol. The van der Waals surface area contributed by atoms with E-state index in [0.29, 0.717) is 5.76 Å². The number of benzene rings is 1. The van der Waals surface area contributed by atoms with E-state index in [4.69, 9.17) is 9.47 Å². The lowest BCUT2D eigenvalue weighted by Crippen LogP contribution is -2.04. The van der Waals surface area contributed by atoms with Crippen molar-refractivity contribution in [3.8, 4) is 11.5 Å². The van der Waals surface area contributed by atoms with Crippen LogP contribution < -0.4 is 9.47 Å². The van der Waals surface area contributed by atoms with E-state index >= 15 is 0 Å². The topological polar surface area (TPSA) is 18.5 Å². The predicted molar refractivity (Wildman–Crippen MR) is 84.1 cm³/mol. The first-order valence-electron chi connectivity index (χ1n) is 7.59. The molecule has 0 spiro atoms. The largest absolute Gasteiger partial charge is 0.493 e. The Morgan fingerprint density at radius 2 is 2.00 bits per heavy atom. The van der Waals surface area contributed by atoms with Gasteiger partial charge in [-0.3, -0.25) is 0 Å². The molecule has 20 heavy (non-hydrogen) atoms. The highest BCUT2D eigenvalue weighted by Crippen LogP contribution is 2.37. The maximum Gasteiger partial charge on any atom is 0.138 e. The molecule has 0 aromatic heterocycles. The number of rotatable bonds is 7. The van der Waals surface area contributed by atoms with Gasteiger partial charge in [-0.05, 0) is 36.6 Å². The summed E-state index contributed by atoms with van der Waals surface area (Å²) < 4.78 is 11.5. The summed E-state index contributed by atoms with van der Waals surface area (Å²) >= 11 is 0. The maximum absolute atomic E-state index is 5.78. The molecule has 2 rings (SSSR count). The normalized spacial score (nSPS) is 13.5. The van der Waals surface area contributed by atoms with Crippen LogP contribution in [0.3, 0.4) is 0 Å². The third kappa shape index (κ3) is 3.66. The van der Waals surface area contributed by atoms with E-state index in [-0.39, 0.29) is 0 Å². The van der Waals surface area contributed by atoms with Crippen LogP contribution in [0.1, 0.15) is 51.5 Å². The SMILES string of the molecule is C=C1C=C(CCC)c2ccc(OCCCCC)cc2O1. The summed E-state index contributed by atoms with van der Waals surface area (Å²) in [7, 11) is 0. The van der Waals surface area contributed by atoms with Crippen molar-refractivity contribution in [3.63, 3.8) is 0 Å². The van der Waals surface area contributed by atoms with Gasteiger partial charge in [0, 0.05) is 11.6 Å². The summed E-state index contributed by atoms with van der Waals surface area (Å²) in [5.41, 5.74) is 2.47. The molecule has 1 aliphatic rings. The first-order chi connectivity index (χ1) is 9.74. The van der Waals surface area contributed by atoms with Crippen LogP contribution in [0.15, 0.2) is 36.6 Å². The van der Waals surface area contributed by atoms with Gasteiger partial charge in [0.05, 0.1) is 6.61 Å². The van der Waals surface area contributed by atoms with Crippen molar-refractivity contribution in [1.29, 1.82) is 0 Å². The molecule has 2 nitrogen and oxygen atoms in total. The molecule has 0 saturated heterocycles. The minimum Gasteiger partial charge on any atom is -0.493 e. The van der Waals surface area contributed by atoms with Crippen molar-refractivity contribution in [2.75, 3.05) is 6.61 Å². The van der Waals surface area contributed by atoms with E-state index in [9.17, 15) is 0 Å². The molecule has 0 unspecified atom stereocenters. The van der Waals surface area contributed by atoms with Crippen LogP contribution >= 0.6 is 0 Å². The second-order valence-corrected chi connectivity index (χ2v) is 5.20. The Kier molecular flexibility index (Phi) is 5.28. The number of unbranched alkanes of at least 4 members (excludes halogenated alkanes) is 2. The minimum absolute atomic E-state index is 0.712. The van der Waals surface area contributed by atoms with Gasteiger partial charge in [-0.25, -0.2) is 0 Å². The van der Waals surface area contributed by atoms with Gasteiger partial charge in [0.25, 0.3) is 0 Å². The van der Waals surface area contributed by atoms with Crippen LogP contribution in [0, 0.1) is 0 Å². The van der Waals surface area contributed by atoms with Crippen LogP contribution in [-0.4, -0.2) is 6.61 Å². The van der Waals surface area contributed by atoms with Crippen LogP contribution in [0.2, 0.25) is 0 Å². The van der Waals surface area contributed by atoms with Crippen molar-refractivity contribution in [2.24, 2.45) is 0 Å². The number of hydrogen-bond donors (Lipinski definition) is 0. The summed E-state index contributed by atoms with van der Waals surface area (Å²) in [4.78, 5) is 0. The van der Waals surface area contributed by atoms with E-state index in [1.807, 2.05) is 18.2 Å². The van der Waals surface area contributed by atoms with Crippen LogP contribution in [0.25, 0.3) is 5.57 Å². The zero-order chi connectivity index (χ0) is 14.4.